The molecule has 3 nitrogen and oxygen atoms in total. The quantitative estimate of drug-likeness (QED) is 0.836. The first-order valence-electron chi connectivity index (χ1n) is 6.60. The van der Waals surface area contributed by atoms with Crippen molar-refractivity contribution in [3.63, 3.8) is 0 Å². The fraction of sp³-hybridized carbons (Fsp3) is 0.571. The summed E-state index contributed by atoms with van der Waals surface area (Å²) in [4.78, 5) is 2.18. The van der Waals surface area contributed by atoms with E-state index >= 15 is 0 Å². The average molecular weight is 250 g/mol. The third-order valence-corrected chi connectivity index (χ3v) is 4.44. The normalized spacial score (nSPS) is 30.8. The van der Waals surface area contributed by atoms with Gasteiger partial charge >= 0.3 is 0 Å². The van der Waals surface area contributed by atoms with Gasteiger partial charge in [-0.15, -0.1) is 0 Å². The topological polar surface area (TPSA) is 49.5 Å². The van der Waals surface area contributed by atoms with Gasteiger partial charge in [-0.3, -0.25) is 0 Å². The maximum atomic E-state index is 13.7. The van der Waals surface area contributed by atoms with Crippen LogP contribution in [-0.4, -0.2) is 24.3 Å². The van der Waals surface area contributed by atoms with Crippen molar-refractivity contribution in [3.8, 4) is 0 Å². The Balaban J connectivity index is 1.79. The Morgan fingerprint density at radius 1 is 1.33 bits per heavy atom. The lowest BCUT2D eigenvalue weighted by molar-refractivity contribution is 0.133. The van der Waals surface area contributed by atoms with E-state index in [4.69, 9.17) is 5.73 Å². The number of benzene rings is 1. The highest BCUT2D eigenvalue weighted by atomic mass is 19.1. The van der Waals surface area contributed by atoms with Crippen LogP contribution in [-0.2, 0) is 6.54 Å². The van der Waals surface area contributed by atoms with Crippen molar-refractivity contribution < 1.29 is 9.50 Å². The van der Waals surface area contributed by atoms with E-state index in [-0.39, 0.29) is 18.5 Å². The third kappa shape index (κ3) is 1.89. The molecule has 1 aromatic rings. The highest BCUT2D eigenvalue weighted by molar-refractivity contribution is 5.49. The van der Waals surface area contributed by atoms with Gasteiger partial charge in [0.25, 0.3) is 0 Å². The Labute approximate surface area is 106 Å². The van der Waals surface area contributed by atoms with Crippen LogP contribution in [0.4, 0.5) is 10.1 Å². The lowest BCUT2D eigenvalue weighted by Gasteiger charge is -2.21. The van der Waals surface area contributed by atoms with Crippen molar-refractivity contribution in [3.05, 3.63) is 29.6 Å². The first-order chi connectivity index (χ1) is 8.69. The molecule has 0 radical (unpaired) electrons. The molecule has 3 atom stereocenters. The standard InChI is InChI=1S/C14H19FN2O/c15-13-5-11(3-1-9(13)6-16)17-7-10-2-4-14(18)12(10)8-17/h1,3,5,10,12,14,18H,2,4,6-8,16H2. The number of anilines is 1. The number of halogens is 1. The zero-order chi connectivity index (χ0) is 12.7. The second-order valence-corrected chi connectivity index (χ2v) is 5.45. The molecular weight excluding hydrogens is 231 g/mol. The second kappa shape index (κ2) is 4.52. The molecule has 4 heteroatoms. The van der Waals surface area contributed by atoms with Crippen molar-refractivity contribution in [2.24, 2.45) is 17.6 Å². The molecule has 0 amide bonds. The van der Waals surface area contributed by atoms with Gasteiger partial charge < -0.3 is 15.7 Å². The van der Waals surface area contributed by atoms with Gasteiger partial charge in [-0.2, -0.15) is 0 Å². The number of fused-ring (bicyclic) bond motifs is 1. The molecule has 1 aliphatic carbocycles. The molecule has 2 aliphatic rings. The predicted octanol–water partition coefficient (Wildman–Crippen LogP) is 1.49. The van der Waals surface area contributed by atoms with Crippen LogP contribution in [0.1, 0.15) is 18.4 Å². The molecule has 3 rings (SSSR count). The van der Waals surface area contributed by atoms with Gasteiger partial charge in [-0.25, -0.2) is 4.39 Å². The number of hydrogen-bond acceptors (Lipinski definition) is 3. The summed E-state index contributed by atoms with van der Waals surface area (Å²) < 4.78 is 13.7. The molecule has 98 valence electrons. The molecule has 3 unspecified atom stereocenters. The van der Waals surface area contributed by atoms with Gasteiger partial charge in [0.1, 0.15) is 5.82 Å². The van der Waals surface area contributed by atoms with Gasteiger partial charge in [0.2, 0.25) is 0 Å². The van der Waals surface area contributed by atoms with E-state index in [1.54, 1.807) is 12.1 Å². The van der Waals surface area contributed by atoms with Crippen molar-refractivity contribution in [1.82, 2.24) is 0 Å². The third-order valence-electron chi connectivity index (χ3n) is 4.44. The molecule has 0 spiro atoms. The van der Waals surface area contributed by atoms with Crippen LogP contribution in [0.5, 0.6) is 0 Å². The van der Waals surface area contributed by atoms with Crippen molar-refractivity contribution in [2.45, 2.75) is 25.5 Å². The first kappa shape index (κ1) is 11.9. The molecule has 1 heterocycles. The number of nitrogens with two attached hydrogens (primary N) is 1. The van der Waals surface area contributed by atoms with E-state index in [0.717, 1.165) is 31.6 Å². The van der Waals surface area contributed by atoms with Crippen LogP contribution in [0, 0.1) is 17.7 Å². The SMILES string of the molecule is NCc1ccc(N2CC3CCC(O)C3C2)cc1F. The minimum Gasteiger partial charge on any atom is -0.393 e. The zero-order valence-corrected chi connectivity index (χ0v) is 10.3. The van der Waals surface area contributed by atoms with Crippen LogP contribution >= 0.6 is 0 Å². The zero-order valence-electron chi connectivity index (χ0n) is 10.3. The monoisotopic (exact) mass is 250 g/mol. The Hall–Kier alpha value is -1.13. The summed E-state index contributed by atoms with van der Waals surface area (Å²) in [6.07, 6.45) is 1.84. The van der Waals surface area contributed by atoms with Gasteiger partial charge in [-0.1, -0.05) is 6.07 Å². The van der Waals surface area contributed by atoms with E-state index in [9.17, 15) is 9.50 Å². The molecule has 1 saturated carbocycles. The molecule has 2 fully saturated rings. The molecule has 18 heavy (non-hydrogen) atoms. The van der Waals surface area contributed by atoms with E-state index in [2.05, 4.69) is 4.90 Å². The summed E-state index contributed by atoms with van der Waals surface area (Å²) in [5.74, 6) is 0.701. The maximum Gasteiger partial charge on any atom is 0.129 e. The molecular formula is C14H19FN2O. The van der Waals surface area contributed by atoms with E-state index in [1.807, 2.05) is 6.07 Å². The summed E-state index contributed by atoms with van der Waals surface area (Å²) in [6, 6.07) is 5.25. The Bertz CT molecular complexity index is 451. The molecule has 3 N–H and O–H groups in total. The fourth-order valence-electron chi connectivity index (χ4n) is 3.35. The first-order valence-corrected chi connectivity index (χ1v) is 6.60. The maximum absolute atomic E-state index is 13.7. The summed E-state index contributed by atoms with van der Waals surface area (Å²) in [5.41, 5.74) is 6.92. The van der Waals surface area contributed by atoms with Crippen molar-refractivity contribution >= 4 is 5.69 Å². The van der Waals surface area contributed by atoms with Crippen molar-refractivity contribution in [2.75, 3.05) is 18.0 Å². The minimum absolute atomic E-state index is 0.173. The summed E-state index contributed by atoms with van der Waals surface area (Å²) in [7, 11) is 0. The largest absolute Gasteiger partial charge is 0.393 e. The summed E-state index contributed by atoms with van der Waals surface area (Å²) in [5, 5.41) is 9.88. The van der Waals surface area contributed by atoms with E-state index < -0.39 is 0 Å². The highest BCUT2D eigenvalue weighted by Crippen LogP contribution is 2.39. The molecule has 1 aliphatic heterocycles. The molecule has 0 aromatic heterocycles. The Morgan fingerprint density at radius 3 is 2.83 bits per heavy atom. The van der Waals surface area contributed by atoms with E-state index in [1.165, 1.54) is 0 Å². The van der Waals surface area contributed by atoms with Gasteiger partial charge in [0, 0.05) is 36.8 Å². The number of aliphatic hydroxyl groups excluding tert-OH is 1. The lowest BCUT2D eigenvalue weighted by Crippen LogP contribution is -2.24. The Kier molecular flexibility index (Phi) is 2.99. The fourth-order valence-corrected chi connectivity index (χ4v) is 3.35. The lowest BCUT2D eigenvalue weighted by atomic mass is 10.00. The predicted molar refractivity (Wildman–Crippen MR) is 68.7 cm³/mol. The van der Waals surface area contributed by atoms with Crippen LogP contribution in [0.25, 0.3) is 0 Å². The summed E-state index contributed by atoms with van der Waals surface area (Å²) in [6.45, 7) is 2.01. The second-order valence-electron chi connectivity index (χ2n) is 5.45. The van der Waals surface area contributed by atoms with Gasteiger partial charge in [0.15, 0.2) is 0 Å². The minimum atomic E-state index is -0.229. The smallest absolute Gasteiger partial charge is 0.129 e. The Morgan fingerprint density at radius 2 is 2.17 bits per heavy atom. The molecule has 1 aromatic carbocycles. The molecule has 0 bridgehead atoms. The van der Waals surface area contributed by atoms with Crippen LogP contribution in [0.3, 0.4) is 0 Å². The van der Waals surface area contributed by atoms with Crippen molar-refractivity contribution in [1.29, 1.82) is 0 Å². The summed E-state index contributed by atoms with van der Waals surface area (Å²) >= 11 is 0. The number of aliphatic hydroxyl groups is 1. The van der Waals surface area contributed by atoms with Crippen LogP contribution < -0.4 is 10.6 Å². The number of rotatable bonds is 2. The number of nitrogens with zero attached hydrogens (tertiary/aromatic N) is 1. The van der Waals surface area contributed by atoms with Crippen LogP contribution in [0.15, 0.2) is 18.2 Å². The highest BCUT2D eigenvalue weighted by Gasteiger charge is 2.41. The van der Waals surface area contributed by atoms with E-state index in [0.29, 0.717) is 17.4 Å². The van der Waals surface area contributed by atoms with Gasteiger partial charge in [-0.05, 0) is 30.9 Å². The van der Waals surface area contributed by atoms with Gasteiger partial charge in [0.05, 0.1) is 6.10 Å². The average Bonchev–Trinajstić information content (AvgIpc) is 2.92. The van der Waals surface area contributed by atoms with Crippen LogP contribution in [0.2, 0.25) is 0 Å². The number of hydrogen-bond donors (Lipinski definition) is 2. The molecule has 1 saturated heterocycles.